The minimum atomic E-state index is -3.94. The smallest absolute Gasteiger partial charge is 0.251 e. The fraction of sp³-hybridized carbons (Fsp3) is 0.238. The summed E-state index contributed by atoms with van der Waals surface area (Å²) in [7, 11) is -3.94. The molecule has 0 spiro atoms. The van der Waals surface area contributed by atoms with E-state index in [0.717, 1.165) is 17.8 Å². The van der Waals surface area contributed by atoms with Crippen LogP contribution >= 0.6 is 11.3 Å². The monoisotopic (exact) mass is 445 g/mol. The lowest BCUT2D eigenvalue weighted by atomic mass is 10.2. The van der Waals surface area contributed by atoms with E-state index in [-0.39, 0.29) is 17.3 Å². The second-order valence-electron chi connectivity index (χ2n) is 7.01. The molecule has 0 bridgehead atoms. The molecule has 0 unspecified atom stereocenters. The largest absolute Gasteiger partial charge is 0.272 e. The molecular formula is C21H20FN3O3S2. The molecule has 0 radical (unpaired) electrons. The maximum absolute atomic E-state index is 13.6. The van der Waals surface area contributed by atoms with E-state index in [2.05, 4.69) is 4.98 Å². The zero-order valence-electron chi connectivity index (χ0n) is 16.2. The van der Waals surface area contributed by atoms with Gasteiger partial charge in [-0.3, -0.25) is 9.69 Å². The summed E-state index contributed by atoms with van der Waals surface area (Å²) in [6, 6.07) is 12.9. The van der Waals surface area contributed by atoms with Gasteiger partial charge in [-0.2, -0.15) is 4.31 Å². The van der Waals surface area contributed by atoms with Gasteiger partial charge in [-0.1, -0.05) is 18.2 Å². The highest BCUT2D eigenvalue weighted by Crippen LogP contribution is 2.34. The summed E-state index contributed by atoms with van der Waals surface area (Å²) in [5, 5.41) is 2.34. The number of aromatic nitrogens is 1. The third-order valence-corrected chi connectivity index (χ3v) is 7.81. The third kappa shape index (κ3) is 3.88. The van der Waals surface area contributed by atoms with Gasteiger partial charge >= 0.3 is 0 Å². The van der Waals surface area contributed by atoms with Crippen molar-refractivity contribution in [3.8, 4) is 0 Å². The Labute approximate surface area is 178 Å². The van der Waals surface area contributed by atoms with Crippen molar-refractivity contribution < 1.29 is 17.6 Å². The topological polar surface area (TPSA) is 70.6 Å². The van der Waals surface area contributed by atoms with Crippen molar-refractivity contribution in [3.63, 3.8) is 0 Å². The Morgan fingerprint density at radius 1 is 1.17 bits per heavy atom. The molecular weight excluding hydrogens is 425 g/mol. The Hall–Kier alpha value is -2.62. The lowest BCUT2D eigenvalue weighted by Crippen LogP contribution is -2.46. The molecule has 3 aromatic rings. The van der Waals surface area contributed by atoms with Crippen molar-refractivity contribution in [3.05, 3.63) is 71.5 Å². The number of halogens is 1. The molecule has 1 aliphatic heterocycles. The third-order valence-electron chi connectivity index (χ3n) is 4.94. The van der Waals surface area contributed by atoms with Crippen LogP contribution in [0.1, 0.15) is 18.5 Å². The van der Waals surface area contributed by atoms with E-state index in [1.807, 2.05) is 30.5 Å². The number of nitrogens with zero attached hydrogens (tertiary/aromatic N) is 3. The number of carbonyl (C=O) groups is 1. The van der Waals surface area contributed by atoms with E-state index in [9.17, 15) is 17.6 Å². The Kier molecular flexibility index (Phi) is 5.68. The number of sulfonamides is 1. The zero-order chi connectivity index (χ0) is 21.3. The van der Waals surface area contributed by atoms with Gasteiger partial charge in [0.15, 0.2) is 5.13 Å². The number of rotatable bonds is 5. The van der Waals surface area contributed by atoms with E-state index in [0.29, 0.717) is 23.7 Å². The molecule has 9 heteroatoms. The lowest BCUT2D eigenvalue weighted by Gasteiger charge is -2.28. The highest BCUT2D eigenvalue weighted by atomic mass is 32.2. The van der Waals surface area contributed by atoms with Gasteiger partial charge in [0.2, 0.25) is 10.0 Å². The molecule has 1 atom stereocenters. The predicted molar refractivity (Wildman–Crippen MR) is 114 cm³/mol. The highest BCUT2D eigenvalue weighted by molar-refractivity contribution is 7.89. The van der Waals surface area contributed by atoms with Crippen LogP contribution in [0, 0.1) is 12.7 Å². The number of anilines is 2. The molecule has 1 fully saturated rings. The quantitative estimate of drug-likeness (QED) is 0.593. The Balaban J connectivity index is 1.71. The molecule has 1 aliphatic rings. The summed E-state index contributed by atoms with van der Waals surface area (Å²) in [6.07, 6.45) is 0.976. The average Bonchev–Trinajstić information content (AvgIpc) is 3.39. The molecule has 0 saturated carbocycles. The number of hydrogen-bond acceptors (Lipinski definition) is 5. The summed E-state index contributed by atoms with van der Waals surface area (Å²) in [6.45, 7) is 2.07. The molecule has 0 aliphatic carbocycles. The standard InChI is InChI=1S/C21H20FN3O3S2/c1-15-14-29-21(23-15)25(17-6-3-2-4-7-17)20(26)19-8-5-13-24(19)30(27,28)18-11-9-16(22)10-12-18/h2-4,6-7,9-12,14,19H,5,8,13H2,1H3/t19-/m1/s1. The number of benzene rings is 2. The molecule has 2 aromatic carbocycles. The fourth-order valence-corrected chi connectivity index (χ4v) is 6.00. The van der Waals surface area contributed by atoms with Gasteiger partial charge < -0.3 is 0 Å². The zero-order valence-corrected chi connectivity index (χ0v) is 17.9. The summed E-state index contributed by atoms with van der Waals surface area (Å²) < 4.78 is 40.8. The van der Waals surface area contributed by atoms with Crippen molar-refractivity contribution in [1.82, 2.24) is 9.29 Å². The van der Waals surface area contributed by atoms with Crippen molar-refractivity contribution in [2.24, 2.45) is 0 Å². The van der Waals surface area contributed by atoms with Crippen LogP contribution in [-0.4, -0.2) is 36.2 Å². The normalized spacial score (nSPS) is 17.2. The van der Waals surface area contributed by atoms with Crippen LogP contribution < -0.4 is 4.90 Å². The van der Waals surface area contributed by atoms with Crippen molar-refractivity contribution in [2.75, 3.05) is 11.4 Å². The first kappa shape index (κ1) is 20.6. The van der Waals surface area contributed by atoms with E-state index in [4.69, 9.17) is 0 Å². The maximum Gasteiger partial charge on any atom is 0.251 e. The van der Waals surface area contributed by atoms with E-state index < -0.39 is 21.9 Å². The van der Waals surface area contributed by atoms with Crippen LogP contribution in [0.2, 0.25) is 0 Å². The van der Waals surface area contributed by atoms with Crippen LogP contribution in [0.5, 0.6) is 0 Å². The molecule has 2 heterocycles. The second kappa shape index (κ2) is 8.25. The average molecular weight is 446 g/mol. The van der Waals surface area contributed by atoms with Crippen LogP contribution in [-0.2, 0) is 14.8 Å². The Morgan fingerprint density at radius 3 is 2.50 bits per heavy atom. The van der Waals surface area contributed by atoms with Gasteiger partial charge in [-0.15, -0.1) is 11.3 Å². The SMILES string of the molecule is Cc1csc(N(C(=O)[C@H]2CCCN2S(=O)(=O)c2ccc(F)cc2)c2ccccc2)n1. The van der Waals surface area contributed by atoms with Gasteiger partial charge in [0.25, 0.3) is 5.91 Å². The number of amides is 1. The van der Waals surface area contributed by atoms with E-state index in [1.54, 1.807) is 12.1 Å². The number of aryl methyl sites for hydroxylation is 1. The number of para-hydroxylation sites is 1. The molecule has 4 rings (SSSR count). The molecule has 156 valence electrons. The number of thiazole rings is 1. The number of hydrogen-bond donors (Lipinski definition) is 0. The van der Waals surface area contributed by atoms with Crippen molar-refractivity contribution in [2.45, 2.75) is 30.7 Å². The summed E-state index contributed by atoms with van der Waals surface area (Å²) >= 11 is 1.33. The summed E-state index contributed by atoms with van der Waals surface area (Å²) in [4.78, 5) is 19.5. The van der Waals surface area contributed by atoms with Gasteiger partial charge in [0.05, 0.1) is 16.3 Å². The van der Waals surface area contributed by atoms with Crippen LogP contribution in [0.3, 0.4) is 0 Å². The van der Waals surface area contributed by atoms with Gasteiger partial charge in [0.1, 0.15) is 11.9 Å². The predicted octanol–water partition coefficient (Wildman–Crippen LogP) is 4.11. The summed E-state index contributed by atoms with van der Waals surface area (Å²) in [5.74, 6) is -0.865. The first-order valence-electron chi connectivity index (χ1n) is 9.46. The molecule has 1 amide bonds. The molecule has 0 N–H and O–H groups in total. The molecule has 6 nitrogen and oxygen atoms in total. The van der Waals surface area contributed by atoms with Gasteiger partial charge in [-0.05, 0) is 56.2 Å². The first-order chi connectivity index (χ1) is 14.4. The van der Waals surface area contributed by atoms with Crippen molar-refractivity contribution in [1.29, 1.82) is 0 Å². The Morgan fingerprint density at radius 2 is 1.87 bits per heavy atom. The Bertz CT molecular complexity index is 1150. The minimum Gasteiger partial charge on any atom is -0.272 e. The molecule has 30 heavy (non-hydrogen) atoms. The van der Waals surface area contributed by atoms with Crippen LogP contribution in [0.25, 0.3) is 0 Å². The first-order valence-corrected chi connectivity index (χ1v) is 11.8. The summed E-state index contributed by atoms with van der Waals surface area (Å²) in [5.41, 5.74) is 1.41. The van der Waals surface area contributed by atoms with E-state index >= 15 is 0 Å². The van der Waals surface area contributed by atoms with Crippen molar-refractivity contribution >= 4 is 38.1 Å². The van der Waals surface area contributed by atoms with Gasteiger partial charge in [0, 0.05) is 11.9 Å². The van der Waals surface area contributed by atoms with E-state index in [1.165, 1.54) is 32.7 Å². The lowest BCUT2D eigenvalue weighted by molar-refractivity contribution is -0.120. The second-order valence-corrected chi connectivity index (χ2v) is 9.74. The van der Waals surface area contributed by atoms with Crippen LogP contribution in [0.15, 0.2) is 64.9 Å². The highest BCUT2D eigenvalue weighted by Gasteiger charge is 2.42. The fourth-order valence-electron chi connectivity index (χ4n) is 3.52. The molecule has 1 saturated heterocycles. The van der Waals surface area contributed by atoms with Gasteiger partial charge in [-0.25, -0.2) is 17.8 Å². The maximum atomic E-state index is 13.6. The molecule has 1 aromatic heterocycles. The minimum absolute atomic E-state index is 0.0278. The number of carbonyl (C=O) groups excluding carboxylic acids is 1. The van der Waals surface area contributed by atoms with Crippen LogP contribution in [0.4, 0.5) is 15.2 Å².